The average Bonchev–Trinajstić information content (AvgIpc) is 3.22. The molecule has 3 rings (SSSR count). The Labute approximate surface area is 236 Å². The van der Waals surface area contributed by atoms with Gasteiger partial charge in [0.05, 0.1) is 18.3 Å². The smallest absolute Gasteiger partial charge is 0.294 e. The van der Waals surface area contributed by atoms with E-state index in [9.17, 15) is 30.2 Å². The number of benzene rings is 2. The minimum Gasteiger partial charge on any atom is -0.393 e. The van der Waals surface area contributed by atoms with Gasteiger partial charge in [-0.1, -0.05) is 66.7 Å². The van der Waals surface area contributed by atoms with Crippen molar-refractivity contribution in [1.82, 2.24) is 5.32 Å². The van der Waals surface area contributed by atoms with Gasteiger partial charge in [0.1, 0.15) is 6.61 Å². The second-order valence-electron chi connectivity index (χ2n) is 10.6. The number of aliphatic hydroxyl groups excluding tert-OH is 3. The molecule has 0 saturated heterocycles. The topological polar surface area (TPSA) is 142 Å². The average molecular weight is 555 g/mol. The van der Waals surface area contributed by atoms with Gasteiger partial charge < -0.3 is 25.5 Å². The van der Waals surface area contributed by atoms with Crippen LogP contribution in [0.5, 0.6) is 0 Å². The Kier molecular flexibility index (Phi) is 13.1. The maximum atomic E-state index is 12.2. The van der Waals surface area contributed by atoms with Crippen molar-refractivity contribution in [3.63, 3.8) is 0 Å². The molecule has 9 heteroatoms. The van der Waals surface area contributed by atoms with Gasteiger partial charge in [-0.25, -0.2) is 0 Å². The molecular formula is C31H42N2O7. The second kappa shape index (κ2) is 16.7. The van der Waals surface area contributed by atoms with E-state index in [1.807, 2.05) is 36.4 Å². The third-order valence-electron chi connectivity index (χ3n) is 7.63. The highest BCUT2D eigenvalue weighted by Gasteiger charge is 2.40. The lowest BCUT2D eigenvalue weighted by Gasteiger charge is -2.23. The van der Waals surface area contributed by atoms with Crippen molar-refractivity contribution in [1.29, 1.82) is 0 Å². The number of unbranched alkanes of at least 4 members (excludes halogenated alkanes) is 1. The van der Waals surface area contributed by atoms with Crippen LogP contribution in [-0.4, -0.2) is 44.6 Å². The number of hydrogen-bond donors (Lipinski definition) is 4. The van der Waals surface area contributed by atoms with E-state index in [0.29, 0.717) is 57.1 Å². The minimum atomic E-state index is -0.832. The van der Waals surface area contributed by atoms with Crippen molar-refractivity contribution in [3.05, 3.63) is 93.6 Å². The quantitative estimate of drug-likeness (QED) is 0.0991. The molecule has 0 spiro atoms. The molecule has 1 amide bonds. The monoisotopic (exact) mass is 554 g/mol. The molecule has 40 heavy (non-hydrogen) atoms. The SMILES string of the molecule is O=C(CCC/C=C\C[C@@H]1[C@@H](CC[C@@H](O)CCc2ccccc2)[C@H](O)C[C@@H]1O)NCc1cccc(CO[N+](=O)[O-])c1. The number of nitrogens with one attached hydrogen (secondary N) is 1. The van der Waals surface area contributed by atoms with Crippen molar-refractivity contribution in [2.75, 3.05) is 0 Å². The highest BCUT2D eigenvalue weighted by Crippen LogP contribution is 2.38. The molecule has 0 radical (unpaired) electrons. The predicted molar refractivity (Wildman–Crippen MR) is 151 cm³/mol. The molecule has 0 heterocycles. The number of rotatable bonds is 17. The van der Waals surface area contributed by atoms with E-state index < -0.39 is 23.4 Å². The molecule has 1 aliphatic carbocycles. The van der Waals surface area contributed by atoms with Gasteiger partial charge in [0.25, 0.3) is 5.09 Å². The number of carbonyl (C=O) groups excluding carboxylic acids is 1. The van der Waals surface area contributed by atoms with E-state index in [1.165, 1.54) is 5.56 Å². The first-order chi connectivity index (χ1) is 19.3. The van der Waals surface area contributed by atoms with Gasteiger partial charge in [0.2, 0.25) is 5.91 Å². The van der Waals surface area contributed by atoms with Crippen LogP contribution in [0.1, 0.15) is 68.1 Å². The van der Waals surface area contributed by atoms with E-state index in [-0.39, 0.29) is 24.3 Å². The first kappa shape index (κ1) is 31.3. The van der Waals surface area contributed by atoms with Crippen LogP contribution < -0.4 is 5.32 Å². The van der Waals surface area contributed by atoms with Crippen molar-refractivity contribution in [2.24, 2.45) is 11.8 Å². The zero-order chi connectivity index (χ0) is 28.7. The highest BCUT2D eigenvalue weighted by atomic mass is 16.9. The van der Waals surface area contributed by atoms with Crippen LogP contribution >= 0.6 is 0 Å². The maximum Gasteiger partial charge on any atom is 0.294 e. The van der Waals surface area contributed by atoms with Gasteiger partial charge >= 0.3 is 0 Å². The molecule has 0 unspecified atom stereocenters. The van der Waals surface area contributed by atoms with Gasteiger partial charge in [-0.3, -0.25) is 4.79 Å². The van der Waals surface area contributed by atoms with Crippen molar-refractivity contribution in [2.45, 2.75) is 89.3 Å². The second-order valence-corrected chi connectivity index (χ2v) is 10.6. The summed E-state index contributed by atoms with van der Waals surface area (Å²) >= 11 is 0. The molecule has 0 bridgehead atoms. The fraction of sp³-hybridized carbons (Fsp3) is 0.516. The van der Waals surface area contributed by atoms with E-state index in [0.717, 1.165) is 18.4 Å². The zero-order valence-electron chi connectivity index (χ0n) is 22.9. The Morgan fingerprint density at radius 3 is 2.52 bits per heavy atom. The number of carbonyl (C=O) groups is 1. The highest BCUT2D eigenvalue weighted by molar-refractivity contribution is 5.75. The number of allylic oxidation sites excluding steroid dienone is 2. The lowest BCUT2D eigenvalue weighted by molar-refractivity contribution is -0.763. The van der Waals surface area contributed by atoms with Crippen LogP contribution in [0.15, 0.2) is 66.7 Å². The standard InChI is InChI=1S/C31H42N2O7/c34-26(16-15-23-9-4-3-5-10-23)17-18-28-27(29(35)20-30(28)36)13-6-1-2-7-14-31(37)32-21-24-11-8-12-25(19-24)22-40-33(38)39/h1,3-6,8-12,19,26-30,34-36H,2,7,13-18,20-22H2,(H,32,37)/b6-1-/t26-,27+,28+,29-,30+/m0/s1. The Hall–Kier alpha value is -3.27. The van der Waals surface area contributed by atoms with E-state index >= 15 is 0 Å². The number of amides is 1. The molecule has 1 fully saturated rings. The molecule has 2 aromatic rings. The molecule has 218 valence electrons. The summed E-state index contributed by atoms with van der Waals surface area (Å²) in [5.41, 5.74) is 2.70. The molecule has 0 aliphatic heterocycles. The summed E-state index contributed by atoms with van der Waals surface area (Å²) in [6.45, 7) is 0.209. The molecule has 1 aliphatic rings. The van der Waals surface area contributed by atoms with E-state index in [4.69, 9.17) is 0 Å². The van der Waals surface area contributed by atoms with Gasteiger partial charge in [0, 0.05) is 13.0 Å². The summed E-state index contributed by atoms with van der Waals surface area (Å²) in [4.78, 5) is 26.9. The lowest BCUT2D eigenvalue weighted by Crippen LogP contribution is -2.23. The van der Waals surface area contributed by atoms with Crippen LogP contribution in [0.3, 0.4) is 0 Å². The molecule has 0 aromatic heterocycles. The summed E-state index contributed by atoms with van der Waals surface area (Å²) in [7, 11) is 0. The molecular weight excluding hydrogens is 512 g/mol. The predicted octanol–water partition coefficient (Wildman–Crippen LogP) is 4.26. The minimum absolute atomic E-state index is 0.0395. The zero-order valence-corrected chi connectivity index (χ0v) is 22.9. The summed E-state index contributed by atoms with van der Waals surface area (Å²) in [5, 5.41) is 43.9. The number of aliphatic hydroxyl groups is 3. The number of nitrogens with zero attached hydrogens (tertiary/aromatic N) is 1. The van der Waals surface area contributed by atoms with Crippen LogP contribution in [0, 0.1) is 22.0 Å². The summed E-state index contributed by atoms with van der Waals surface area (Å²) in [5.74, 6) is -0.149. The third kappa shape index (κ3) is 11.1. The number of hydrogen-bond acceptors (Lipinski definition) is 7. The van der Waals surface area contributed by atoms with Crippen LogP contribution in [0.2, 0.25) is 0 Å². The van der Waals surface area contributed by atoms with Crippen molar-refractivity contribution in [3.8, 4) is 0 Å². The Morgan fingerprint density at radius 2 is 1.75 bits per heavy atom. The summed E-state index contributed by atoms with van der Waals surface area (Å²) in [6.07, 6.45) is 8.11. The summed E-state index contributed by atoms with van der Waals surface area (Å²) < 4.78 is 0. The maximum absolute atomic E-state index is 12.2. The van der Waals surface area contributed by atoms with Gasteiger partial charge in [-0.2, -0.15) is 0 Å². The molecule has 9 nitrogen and oxygen atoms in total. The molecule has 1 saturated carbocycles. The van der Waals surface area contributed by atoms with Crippen LogP contribution in [-0.2, 0) is 29.2 Å². The van der Waals surface area contributed by atoms with Crippen LogP contribution in [0.25, 0.3) is 0 Å². The number of aryl methyl sites for hydroxylation is 1. The third-order valence-corrected chi connectivity index (χ3v) is 7.63. The lowest BCUT2D eigenvalue weighted by atomic mass is 9.85. The molecule has 2 aromatic carbocycles. The fourth-order valence-corrected chi connectivity index (χ4v) is 5.41. The Bertz CT molecular complexity index is 1080. The molecule has 4 N–H and O–H groups in total. The Morgan fingerprint density at radius 1 is 1.02 bits per heavy atom. The van der Waals surface area contributed by atoms with Gasteiger partial charge in [0.15, 0.2) is 0 Å². The van der Waals surface area contributed by atoms with Crippen molar-refractivity contribution >= 4 is 5.91 Å². The first-order valence-corrected chi connectivity index (χ1v) is 14.2. The largest absolute Gasteiger partial charge is 0.393 e. The first-order valence-electron chi connectivity index (χ1n) is 14.2. The van der Waals surface area contributed by atoms with E-state index in [2.05, 4.69) is 22.3 Å². The van der Waals surface area contributed by atoms with Crippen molar-refractivity contribution < 1.29 is 30.0 Å². The fourth-order valence-electron chi connectivity index (χ4n) is 5.41. The molecule has 5 atom stereocenters. The van der Waals surface area contributed by atoms with Gasteiger partial charge in [-0.05, 0) is 79.9 Å². The normalized spacial score (nSPS) is 21.4. The van der Waals surface area contributed by atoms with Gasteiger partial charge in [-0.15, -0.1) is 10.1 Å². The summed E-state index contributed by atoms with van der Waals surface area (Å²) in [6, 6.07) is 17.2. The Balaban J connectivity index is 1.32. The van der Waals surface area contributed by atoms with Crippen LogP contribution in [0.4, 0.5) is 0 Å². The van der Waals surface area contributed by atoms with E-state index in [1.54, 1.807) is 18.2 Å².